The molecule has 6 nitrogen and oxygen atoms in total. The van der Waals surface area contributed by atoms with Gasteiger partial charge >= 0.3 is 0 Å². The van der Waals surface area contributed by atoms with Crippen LogP contribution in [0, 0.1) is 13.8 Å². The minimum absolute atomic E-state index is 0.693. The highest BCUT2D eigenvalue weighted by Crippen LogP contribution is 2.33. The molecule has 0 aliphatic rings. The van der Waals surface area contributed by atoms with Gasteiger partial charge in [0.2, 0.25) is 4.96 Å². The van der Waals surface area contributed by atoms with Gasteiger partial charge in [0.1, 0.15) is 10.8 Å². The Bertz CT molecular complexity index is 1230. The van der Waals surface area contributed by atoms with E-state index in [0.29, 0.717) is 5.82 Å². The number of benzene rings is 1. The highest BCUT2D eigenvalue weighted by molar-refractivity contribution is 7.19. The predicted molar refractivity (Wildman–Crippen MR) is 96.6 cm³/mol. The van der Waals surface area contributed by atoms with Crippen molar-refractivity contribution in [3.63, 3.8) is 0 Å². The molecule has 0 N–H and O–H groups in total. The Morgan fingerprint density at radius 1 is 1.04 bits per heavy atom. The van der Waals surface area contributed by atoms with Gasteiger partial charge in [0.05, 0.1) is 17.3 Å². The summed E-state index contributed by atoms with van der Waals surface area (Å²) in [7, 11) is 0. The average molecular weight is 347 g/mol. The third-order valence-corrected chi connectivity index (χ3v) is 5.10. The average Bonchev–Trinajstić information content (AvgIpc) is 3.29. The summed E-state index contributed by atoms with van der Waals surface area (Å²) in [5, 5.41) is 15.3. The molecule has 7 heteroatoms. The number of hydrogen-bond donors (Lipinski definition) is 0. The molecule has 5 aromatic rings. The van der Waals surface area contributed by atoms with E-state index < -0.39 is 0 Å². The van der Waals surface area contributed by atoms with Gasteiger partial charge in [-0.3, -0.25) is 4.98 Å². The molecule has 0 fully saturated rings. The second-order valence-corrected chi connectivity index (χ2v) is 6.80. The fourth-order valence-electron chi connectivity index (χ4n) is 3.00. The van der Waals surface area contributed by atoms with Crippen molar-refractivity contribution in [2.45, 2.75) is 13.8 Å². The van der Waals surface area contributed by atoms with Crippen molar-refractivity contribution in [3.05, 3.63) is 54.1 Å². The quantitative estimate of drug-likeness (QED) is 0.477. The van der Waals surface area contributed by atoms with Crippen molar-refractivity contribution in [2.24, 2.45) is 0 Å². The number of aromatic nitrogens is 5. The molecule has 0 bridgehead atoms. The fourth-order valence-corrected chi connectivity index (χ4v) is 3.87. The van der Waals surface area contributed by atoms with Crippen LogP contribution in [0.4, 0.5) is 0 Å². The lowest BCUT2D eigenvalue weighted by atomic mass is 10.1. The van der Waals surface area contributed by atoms with E-state index in [1.165, 1.54) is 11.3 Å². The predicted octanol–water partition coefficient (Wildman–Crippen LogP) is 4.28. The van der Waals surface area contributed by atoms with E-state index in [-0.39, 0.29) is 0 Å². The zero-order valence-corrected chi connectivity index (χ0v) is 14.4. The van der Waals surface area contributed by atoms with E-state index >= 15 is 0 Å². The van der Waals surface area contributed by atoms with E-state index in [0.717, 1.165) is 43.5 Å². The Hall–Kier alpha value is -3.06. The van der Waals surface area contributed by atoms with Crippen molar-refractivity contribution in [3.8, 4) is 22.0 Å². The first kappa shape index (κ1) is 14.3. The maximum Gasteiger partial charge on any atom is 0.235 e. The van der Waals surface area contributed by atoms with Crippen molar-refractivity contribution >= 4 is 27.2 Å². The van der Waals surface area contributed by atoms with Crippen molar-refractivity contribution in [2.75, 3.05) is 0 Å². The van der Waals surface area contributed by atoms with Crippen LogP contribution in [0.15, 0.2) is 47.1 Å². The topological polar surface area (TPSA) is 69.1 Å². The molecule has 0 amide bonds. The first-order valence-electron chi connectivity index (χ1n) is 7.84. The molecule has 5 rings (SSSR count). The van der Waals surface area contributed by atoms with Crippen LogP contribution in [0.2, 0.25) is 0 Å². The number of rotatable bonds is 2. The van der Waals surface area contributed by atoms with Gasteiger partial charge in [-0.05, 0) is 32.0 Å². The fraction of sp³-hybridized carbons (Fsp3) is 0.111. The SMILES string of the molecule is Cc1cc(-c2nn3c(-c4ccoc4C)nnc3s2)c2ccccc2n1. The van der Waals surface area contributed by atoms with Crippen molar-refractivity contribution in [1.82, 2.24) is 24.8 Å². The van der Waals surface area contributed by atoms with Crippen LogP contribution in [0.1, 0.15) is 11.5 Å². The number of pyridine rings is 1. The maximum absolute atomic E-state index is 5.39. The standard InChI is InChI=1S/C18H13N5OS/c1-10-9-14(13-5-3-4-6-15(13)19-10)17-22-23-16(20-21-18(23)25-17)12-7-8-24-11(12)2/h3-9H,1-2H3. The molecule has 4 heterocycles. The van der Waals surface area contributed by atoms with Crippen molar-refractivity contribution < 1.29 is 4.42 Å². The number of para-hydroxylation sites is 1. The molecule has 0 aliphatic heterocycles. The molecule has 0 saturated heterocycles. The molecular formula is C18H13N5OS. The minimum Gasteiger partial charge on any atom is -0.469 e. The van der Waals surface area contributed by atoms with Gasteiger partial charge in [-0.1, -0.05) is 29.5 Å². The van der Waals surface area contributed by atoms with Crippen LogP contribution in [-0.2, 0) is 0 Å². The smallest absolute Gasteiger partial charge is 0.235 e. The van der Waals surface area contributed by atoms with Gasteiger partial charge in [0, 0.05) is 16.6 Å². The highest BCUT2D eigenvalue weighted by atomic mass is 32.1. The Morgan fingerprint density at radius 3 is 2.76 bits per heavy atom. The molecule has 1 aromatic carbocycles. The molecule has 0 saturated carbocycles. The molecule has 0 unspecified atom stereocenters. The third kappa shape index (κ3) is 2.16. The number of aryl methyl sites for hydroxylation is 2. The van der Waals surface area contributed by atoms with Gasteiger partial charge in [-0.15, -0.1) is 10.2 Å². The van der Waals surface area contributed by atoms with E-state index in [9.17, 15) is 0 Å². The highest BCUT2D eigenvalue weighted by Gasteiger charge is 2.18. The Labute approximate surface area is 146 Å². The lowest BCUT2D eigenvalue weighted by molar-refractivity contribution is 0.535. The first-order valence-corrected chi connectivity index (χ1v) is 8.66. The largest absolute Gasteiger partial charge is 0.469 e. The molecule has 122 valence electrons. The van der Waals surface area contributed by atoms with Crippen molar-refractivity contribution in [1.29, 1.82) is 0 Å². The lowest BCUT2D eigenvalue weighted by Crippen LogP contribution is -1.92. The van der Waals surface area contributed by atoms with Crippen LogP contribution in [0.5, 0.6) is 0 Å². The maximum atomic E-state index is 5.39. The number of fused-ring (bicyclic) bond motifs is 2. The summed E-state index contributed by atoms with van der Waals surface area (Å²) in [6, 6.07) is 12.1. The summed E-state index contributed by atoms with van der Waals surface area (Å²) in [6.07, 6.45) is 1.65. The lowest BCUT2D eigenvalue weighted by Gasteiger charge is -2.04. The normalized spacial score (nSPS) is 11.6. The van der Waals surface area contributed by atoms with Crippen LogP contribution < -0.4 is 0 Å². The number of furan rings is 1. The van der Waals surface area contributed by atoms with E-state index in [1.807, 2.05) is 38.1 Å². The molecular weight excluding hydrogens is 334 g/mol. The summed E-state index contributed by atoms with van der Waals surface area (Å²) < 4.78 is 7.17. The molecule has 0 radical (unpaired) electrons. The number of hydrogen-bond acceptors (Lipinski definition) is 6. The Morgan fingerprint density at radius 2 is 1.92 bits per heavy atom. The third-order valence-electron chi connectivity index (χ3n) is 4.17. The Kier molecular flexibility index (Phi) is 2.98. The summed E-state index contributed by atoms with van der Waals surface area (Å²) >= 11 is 1.52. The summed E-state index contributed by atoms with van der Waals surface area (Å²) in [5.41, 5.74) is 3.90. The van der Waals surface area contributed by atoms with Gasteiger partial charge in [-0.25, -0.2) is 0 Å². The van der Waals surface area contributed by atoms with Crippen LogP contribution in [0.25, 0.3) is 37.8 Å². The summed E-state index contributed by atoms with van der Waals surface area (Å²) in [6.45, 7) is 3.90. The second-order valence-electron chi connectivity index (χ2n) is 5.84. The van der Waals surface area contributed by atoms with E-state index in [2.05, 4.69) is 27.3 Å². The van der Waals surface area contributed by atoms with E-state index in [1.54, 1.807) is 10.8 Å². The molecule has 0 spiro atoms. The zero-order chi connectivity index (χ0) is 17.0. The first-order chi connectivity index (χ1) is 12.2. The van der Waals surface area contributed by atoms with Gasteiger partial charge in [0.25, 0.3) is 0 Å². The second kappa shape index (κ2) is 5.22. The monoisotopic (exact) mass is 347 g/mol. The summed E-state index contributed by atoms with van der Waals surface area (Å²) in [5.74, 6) is 1.49. The van der Waals surface area contributed by atoms with Crippen LogP contribution >= 0.6 is 11.3 Å². The van der Waals surface area contributed by atoms with Gasteiger partial charge in [0.15, 0.2) is 5.82 Å². The minimum atomic E-state index is 0.693. The molecule has 0 aliphatic carbocycles. The Balaban J connectivity index is 1.75. The van der Waals surface area contributed by atoms with Gasteiger partial charge in [-0.2, -0.15) is 9.61 Å². The zero-order valence-electron chi connectivity index (χ0n) is 13.6. The molecule has 25 heavy (non-hydrogen) atoms. The van der Waals surface area contributed by atoms with Crippen LogP contribution in [-0.4, -0.2) is 24.8 Å². The molecule has 0 atom stereocenters. The number of nitrogens with zero attached hydrogens (tertiary/aromatic N) is 5. The van der Waals surface area contributed by atoms with Crippen LogP contribution in [0.3, 0.4) is 0 Å². The van der Waals surface area contributed by atoms with E-state index in [4.69, 9.17) is 9.52 Å². The molecule has 4 aromatic heterocycles. The summed E-state index contributed by atoms with van der Waals surface area (Å²) in [4.78, 5) is 5.36. The van der Waals surface area contributed by atoms with Gasteiger partial charge < -0.3 is 4.42 Å².